The largest absolute Gasteiger partial charge is 0.384 e. The molecule has 0 aliphatic heterocycles. The molecule has 0 radical (unpaired) electrons. The molecule has 0 atom stereocenters. The van der Waals surface area contributed by atoms with Gasteiger partial charge in [0.1, 0.15) is 0 Å². The normalized spacial score (nSPS) is 11.3. The fraction of sp³-hybridized carbons (Fsp3) is 0.538. The zero-order valence-electron chi connectivity index (χ0n) is 10.8. The van der Waals surface area contributed by atoms with Crippen molar-refractivity contribution in [3.63, 3.8) is 0 Å². The van der Waals surface area contributed by atoms with E-state index < -0.39 is 0 Å². The van der Waals surface area contributed by atoms with Crippen molar-refractivity contribution < 1.29 is 0 Å². The molecule has 2 heterocycles. The summed E-state index contributed by atoms with van der Waals surface area (Å²) in [6, 6.07) is 2.46. The first-order chi connectivity index (χ1) is 8.22. The molecule has 0 unspecified atom stereocenters. The minimum atomic E-state index is 0.346. The summed E-state index contributed by atoms with van der Waals surface area (Å²) >= 11 is 0. The van der Waals surface area contributed by atoms with E-state index in [2.05, 4.69) is 42.2 Å². The SMILES string of the molecule is CCCCNc1cnc2c(cnn2C(C)C)c1. The van der Waals surface area contributed by atoms with Gasteiger partial charge in [-0.3, -0.25) is 0 Å². The summed E-state index contributed by atoms with van der Waals surface area (Å²) < 4.78 is 1.95. The summed E-state index contributed by atoms with van der Waals surface area (Å²) in [7, 11) is 0. The summed E-state index contributed by atoms with van der Waals surface area (Å²) in [5.41, 5.74) is 2.04. The number of rotatable bonds is 5. The summed E-state index contributed by atoms with van der Waals surface area (Å²) in [4.78, 5) is 4.48. The maximum Gasteiger partial charge on any atom is 0.158 e. The molecule has 0 aromatic carbocycles. The second kappa shape index (κ2) is 5.17. The van der Waals surface area contributed by atoms with Crippen molar-refractivity contribution >= 4 is 16.7 Å². The lowest BCUT2D eigenvalue weighted by Gasteiger charge is -2.07. The van der Waals surface area contributed by atoms with Crippen LogP contribution in [0.5, 0.6) is 0 Å². The maximum atomic E-state index is 4.48. The molecule has 0 bridgehead atoms. The first-order valence-corrected chi connectivity index (χ1v) is 6.29. The highest BCUT2D eigenvalue weighted by Gasteiger charge is 2.07. The molecule has 0 fully saturated rings. The zero-order valence-corrected chi connectivity index (χ0v) is 10.8. The summed E-state index contributed by atoms with van der Waals surface area (Å²) in [6.45, 7) is 7.42. The van der Waals surface area contributed by atoms with Gasteiger partial charge in [-0.2, -0.15) is 5.10 Å². The topological polar surface area (TPSA) is 42.7 Å². The van der Waals surface area contributed by atoms with Crippen molar-refractivity contribution in [3.05, 3.63) is 18.5 Å². The molecule has 2 aromatic heterocycles. The minimum Gasteiger partial charge on any atom is -0.384 e. The van der Waals surface area contributed by atoms with Crippen molar-refractivity contribution in [2.45, 2.75) is 39.7 Å². The van der Waals surface area contributed by atoms with Crippen LogP contribution in [0.15, 0.2) is 18.5 Å². The van der Waals surface area contributed by atoms with Gasteiger partial charge in [0.05, 0.1) is 18.1 Å². The van der Waals surface area contributed by atoms with Crippen LogP contribution in [-0.4, -0.2) is 21.3 Å². The Hall–Kier alpha value is -1.58. The average molecular weight is 232 g/mol. The van der Waals surface area contributed by atoms with Crippen molar-refractivity contribution in [2.75, 3.05) is 11.9 Å². The molecule has 0 aliphatic rings. The Morgan fingerprint density at radius 2 is 2.18 bits per heavy atom. The third kappa shape index (κ3) is 2.57. The third-order valence-corrected chi connectivity index (χ3v) is 2.78. The number of pyridine rings is 1. The van der Waals surface area contributed by atoms with Crippen LogP contribution in [0.4, 0.5) is 5.69 Å². The molecule has 0 saturated heterocycles. The monoisotopic (exact) mass is 232 g/mol. The Balaban J connectivity index is 2.20. The number of anilines is 1. The van der Waals surface area contributed by atoms with E-state index in [1.54, 1.807) is 0 Å². The van der Waals surface area contributed by atoms with Crippen LogP contribution in [0.1, 0.15) is 39.7 Å². The molecule has 0 spiro atoms. The van der Waals surface area contributed by atoms with Crippen LogP contribution >= 0.6 is 0 Å². The highest BCUT2D eigenvalue weighted by atomic mass is 15.3. The highest BCUT2D eigenvalue weighted by molar-refractivity contribution is 5.78. The lowest BCUT2D eigenvalue weighted by Crippen LogP contribution is -2.04. The number of hydrogen-bond donors (Lipinski definition) is 1. The van der Waals surface area contributed by atoms with E-state index in [9.17, 15) is 0 Å². The van der Waals surface area contributed by atoms with Gasteiger partial charge in [0.25, 0.3) is 0 Å². The molecule has 4 heteroatoms. The smallest absolute Gasteiger partial charge is 0.158 e. The van der Waals surface area contributed by atoms with E-state index in [1.165, 1.54) is 12.8 Å². The quantitative estimate of drug-likeness (QED) is 0.805. The second-order valence-corrected chi connectivity index (χ2v) is 4.60. The lowest BCUT2D eigenvalue weighted by molar-refractivity contribution is 0.546. The van der Waals surface area contributed by atoms with Gasteiger partial charge in [-0.1, -0.05) is 13.3 Å². The Bertz CT molecular complexity index is 487. The molecule has 2 rings (SSSR count). The predicted molar refractivity (Wildman–Crippen MR) is 71.3 cm³/mol. The van der Waals surface area contributed by atoms with E-state index in [4.69, 9.17) is 0 Å². The Labute approximate surface area is 102 Å². The molecule has 4 nitrogen and oxygen atoms in total. The number of aromatic nitrogens is 3. The first kappa shape index (κ1) is 11.9. The van der Waals surface area contributed by atoms with Crippen LogP contribution < -0.4 is 5.32 Å². The molecule has 0 aliphatic carbocycles. The molecule has 1 N–H and O–H groups in total. The summed E-state index contributed by atoms with van der Waals surface area (Å²) in [5, 5.41) is 8.83. The van der Waals surface area contributed by atoms with Gasteiger partial charge in [0.15, 0.2) is 5.65 Å². The van der Waals surface area contributed by atoms with Crippen LogP contribution in [0, 0.1) is 0 Å². The van der Waals surface area contributed by atoms with Crippen LogP contribution in [-0.2, 0) is 0 Å². The Morgan fingerprint density at radius 3 is 2.88 bits per heavy atom. The van der Waals surface area contributed by atoms with Crippen molar-refractivity contribution in [2.24, 2.45) is 0 Å². The predicted octanol–water partition coefficient (Wildman–Crippen LogP) is 3.22. The van der Waals surface area contributed by atoms with Gasteiger partial charge >= 0.3 is 0 Å². The van der Waals surface area contributed by atoms with Gasteiger partial charge in [-0.05, 0) is 26.3 Å². The molecule has 92 valence electrons. The van der Waals surface area contributed by atoms with Gasteiger partial charge < -0.3 is 5.32 Å². The van der Waals surface area contributed by atoms with E-state index in [0.717, 1.165) is 23.3 Å². The number of fused-ring (bicyclic) bond motifs is 1. The molecular formula is C13H20N4. The molecule has 0 saturated carbocycles. The van der Waals surface area contributed by atoms with Crippen molar-refractivity contribution in [1.29, 1.82) is 0 Å². The van der Waals surface area contributed by atoms with E-state index in [-0.39, 0.29) is 0 Å². The van der Waals surface area contributed by atoms with Crippen LogP contribution in [0.2, 0.25) is 0 Å². The van der Waals surface area contributed by atoms with Crippen LogP contribution in [0.3, 0.4) is 0 Å². The number of unbranched alkanes of at least 4 members (excludes halogenated alkanes) is 1. The molecular weight excluding hydrogens is 212 g/mol. The molecule has 0 amide bonds. The van der Waals surface area contributed by atoms with Gasteiger partial charge in [0.2, 0.25) is 0 Å². The fourth-order valence-electron chi connectivity index (χ4n) is 1.82. The Kier molecular flexibility index (Phi) is 3.61. The van der Waals surface area contributed by atoms with Gasteiger partial charge in [0, 0.05) is 18.0 Å². The van der Waals surface area contributed by atoms with E-state index in [1.807, 2.05) is 17.1 Å². The lowest BCUT2D eigenvalue weighted by atomic mass is 10.3. The van der Waals surface area contributed by atoms with Crippen LogP contribution in [0.25, 0.3) is 11.0 Å². The summed E-state index contributed by atoms with van der Waals surface area (Å²) in [6.07, 6.45) is 6.16. The minimum absolute atomic E-state index is 0.346. The average Bonchev–Trinajstić information content (AvgIpc) is 2.72. The molecule has 17 heavy (non-hydrogen) atoms. The maximum absolute atomic E-state index is 4.48. The highest BCUT2D eigenvalue weighted by Crippen LogP contribution is 2.18. The second-order valence-electron chi connectivity index (χ2n) is 4.60. The first-order valence-electron chi connectivity index (χ1n) is 6.29. The van der Waals surface area contributed by atoms with E-state index in [0.29, 0.717) is 6.04 Å². The Morgan fingerprint density at radius 1 is 1.35 bits per heavy atom. The number of nitrogens with zero attached hydrogens (tertiary/aromatic N) is 3. The van der Waals surface area contributed by atoms with Gasteiger partial charge in [-0.25, -0.2) is 9.67 Å². The zero-order chi connectivity index (χ0) is 12.3. The van der Waals surface area contributed by atoms with Crippen molar-refractivity contribution in [3.8, 4) is 0 Å². The number of nitrogens with one attached hydrogen (secondary N) is 1. The third-order valence-electron chi connectivity index (χ3n) is 2.78. The number of hydrogen-bond acceptors (Lipinski definition) is 3. The van der Waals surface area contributed by atoms with E-state index >= 15 is 0 Å². The van der Waals surface area contributed by atoms with Crippen molar-refractivity contribution in [1.82, 2.24) is 14.8 Å². The fourth-order valence-corrected chi connectivity index (χ4v) is 1.82. The van der Waals surface area contributed by atoms with Gasteiger partial charge in [-0.15, -0.1) is 0 Å². The molecule has 2 aromatic rings. The standard InChI is InChI=1S/C13H20N4/c1-4-5-6-14-12-7-11-8-16-17(10(2)3)13(11)15-9-12/h7-10,14H,4-6H2,1-3H3. The summed E-state index contributed by atoms with van der Waals surface area (Å²) in [5.74, 6) is 0.